The Kier molecular flexibility index (Phi) is 7.79. The number of rotatable bonds is 8. The van der Waals surface area contributed by atoms with E-state index in [1.54, 1.807) is 50.4 Å². The molecule has 162 valence electrons. The number of halogens is 2. The first-order valence-electron chi connectivity index (χ1n) is 9.14. The van der Waals surface area contributed by atoms with Crippen molar-refractivity contribution in [2.45, 2.75) is 0 Å². The smallest absolute Gasteiger partial charge is 0.206 e. The van der Waals surface area contributed by atoms with Gasteiger partial charge in [0.2, 0.25) is 10.6 Å². The number of benzene rings is 2. The summed E-state index contributed by atoms with van der Waals surface area (Å²) in [7, 11) is 4.73. The summed E-state index contributed by atoms with van der Waals surface area (Å²) in [5.41, 5.74) is 2.44. The van der Waals surface area contributed by atoms with Crippen LogP contribution in [0.15, 0.2) is 58.5 Å². The predicted molar refractivity (Wildman–Crippen MR) is 127 cm³/mol. The summed E-state index contributed by atoms with van der Waals surface area (Å²) < 4.78 is 18.2. The zero-order valence-electron chi connectivity index (χ0n) is 17.3. The molecular formula is C22H21Cl2N3O3S. The number of nitrogens with zero attached hydrogens (tertiary/aromatic N) is 3. The van der Waals surface area contributed by atoms with Crippen LogP contribution in [0.3, 0.4) is 0 Å². The highest BCUT2D eigenvalue weighted by Gasteiger charge is 2.17. The standard InChI is InChI=1S/C22H21Cl2N3O3S/c1-5-8-25-22-27(26-12-14-6-7-16(23)17(24)9-14)18(13-31-22)15-10-19(28-2)21(30-4)20(11-15)29-3/h5-7,9-13H,1,8H2,2-4H3. The van der Waals surface area contributed by atoms with Gasteiger partial charge < -0.3 is 14.2 Å². The second-order valence-corrected chi connectivity index (χ2v) is 7.83. The largest absolute Gasteiger partial charge is 0.493 e. The summed E-state index contributed by atoms with van der Waals surface area (Å²) in [4.78, 5) is 5.26. The molecule has 0 aliphatic heterocycles. The molecule has 0 amide bonds. The lowest BCUT2D eigenvalue weighted by atomic mass is 10.1. The van der Waals surface area contributed by atoms with E-state index in [9.17, 15) is 0 Å². The molecule has 0 aliphatic rings. The second kappa shape index (κ2) is 10.5. The number of hydrogen-bond donors (Lipinski definition) is 0. The van der Waals surface area contributed by atoms with E-state index in [0.717, 1.165) is 16.8 Å². The molecular weight excluding hydrogens is 457 g/mol. The van der Waals surface area contributed by atoms with Crippen molar-refractivity contribution in [2.24, 2.45) is 10.1 Å². The summed E-state index contributed by atoms with van der Waals surface area (Å²) in [6.07, 6.45) is 3.43. The van der Waals surface area contributed by atoms with E-state index in [4.69, 9.17) is 37.4 Å². The highest BCUT2D eigenvalue weighted by atomic mass is 35.5. The topological polar surface area (TPSA) is 57.3 Å². The van der Waals surface area contributed by atoms with E-state index in [1.807, 2.05) is 23.6 Å². The Morgan fingerprint density at radius 2 is 1.74 bits per heavy atom. The first kappa shape index (κ1) is 22.9. The molecule has 0 fully saturated rings. The van der Waals surface area contributed by atoms with Gasteiger partial charge in [-0.2, -0.15) is 5.10 Å². The fraction of sp³-hybridized carbons (Fsp3) is 0.182. The monoisotopic (exact) mass is 477 g/mol. The van der Waals surface area contributed by atoms with Crippen LogP contribution in [0.4, 0.5) is 0 Å². The van der Waals surface area contributed by atoms with Crippen LogP contribution in [0, 0.1) is 0 Å². The fourth-order valence-electron chi connectivity index (χ4n) is 2.81. The minimum absolute atomic E-state index is 0.461. The second-order valence-electron chi connectivity index (χ2n) is 6.18. The van der Waals surface area contributed by atoms with E-state index in [1.165, 1.54) is 11.3 Å². The Morgan fingerprint density at radius 3 is 2.32 bits per heavy atom. The molecule has 0 unspecified atom stereocenters. The Morgan fingerprint density at radius 1 is 1.03 bits per heavy atom. The number of aromatic nitrogens is 1. The van der Waals surface area contributed by atoms with Gasteiger partial charge >= 0.3 is 0 Å². The lowest BCUT2D eigenvalue weighted by molar-refractivity contribution is 0.324. The summed E-state index contributed by atoms with van der Waals surface area (Å²) >= 11 is 13.6. The number of ether oxygens (including phenoxy) is 3. The van der Waals surface area contributed by atoms with Gasteiger partial charge in [0.15, 0.2) is 11.5 Å². The molecule has 0 atom stereocenters. The summed E-state index contributed by atoms with van der Waals surface area (Å²) in [6, 6.07) is 9.05. The summed E-state index contributed by atoms with van der Waals surface area (Å²) in [6.45, 7) is 4.21. The quantitative estimate of drug-likeness (QED) is 0.317. The third-order valence-corrected chi connectivity index (χ3v) is 5.86. The van der Waals surface area contributed by atoms with Gasteiger partial charge in [-0.15, -0.1) is 17.9 Å². The SMILES string of the molecule is C=CCN=c1scc(-c2cc(OC)c(OC)c(OC)c2)n1N=Cc1ccc(Cl)c(Cl)c1. The molecule has 0 saturated carbocycles. The lowest BCUT2D eigenvalue weighted by Gasteiger charge is -2.14. The zero-order chi connectivity index (χ0) is 22.4. The van der Waals surface area contributed by atoms with E-state index in [0.29, 0.717) is 38.6 Å². The maximum absolute atomic E-state index is 6.13. The van der Waals surface area contributed by atoms with Crippen molar-refractivity contribution in [3.8, 4) is 28.5 Å². The molecule has 3 rings (SSSR count). The normalized spacial score (nSPS) is 11.7. The minimum Gasteiger partial charge on any atom is -0.493 e. The van der Waals surface area contributed by atoms with Crippen molar-refractivity contribution in [3.63, 3.8) is 0 Å². The molecule has 3 aromatic rings. The van der Waals surface area contributed by atoms with Gasteiger partial charge in [0, 0.05) is 10.9 Å². The van der Waals surface area contributed by atoms with Crippen molar-refractivity contribution >= 4 is 40.8 Å². The van der Waals surface area contributed by atoms with Crippen LogP contribution in [0.1, 0.15) is 5.56 Å². The van der Waals surface area contributed by atoms with E-state index < -0.39 is 0 Å². The molecule has 0 N–H and O–H groups in total. The Balaban J connectivity index is 2.16. The van der Waals surface area contributed by atoms with E-state index in [2.05, 4.69) is 16.7 Å². The lowest BCUT2D eigenvalue weighted by Crippen LogP contribution is -2.12. The molecule has 9 heteroatoms. The van der Waals surface area contributed by atoms with Gasteiger partial charge in [-0.05, 0) is 29.8 Å². The van der Waals surface area contributed by atoms with Gasteiger partial charge in [-0.1, -0.05) is 35.3 Å². The van der Waals surface area contributed by atoms with Crippen LogP contribution in [0.5, 0.6) is 17.2 Å². The maximum atomic E-state index is 6.13. The molecule has 0 bridgehead atoms. The summed E-state index contributed by atoms with van der Waals surface area (Å²) in [5, 5.41) is 7.56. The zero-order valence-corrected chi connectivity index (χ0v) is 19.6. The molecule has 2 aromatic carbocycles. The number of methoxy groups -OCH3 is 3. The predicted octanol–water partition coefficient (Wildman–Crippen LogP) is 5.52. The van der Waals surface area contributed by atoms with Crippen LogP contribution in [-0.4, -0.2) is 38.8 Å². The Hall–Kier alpha value is -2.74. The fourth-order valence-corrected chi connectivity index (χ4v) is 3.96. The highest BCUT2D eigenvalue weighted by molar-refractivity contribution is 7.07. The average molecular weight is 478 g/mol. The molecule has 0 radical (unpaired) electrons. The Labute approximate surface area is 194 Å². The summed E-state index contributed by atoms with van der Waals surface area (Å²) in [5.74, 6) is 1.62. The third kappa shape index (κ3) is 5.12. The first-order chi connectivity index (χ1) is 15.0. The first-order valence-corrected chi connectivity index (χ1v) is 10.8. The van der Waals surface area contributed by atoms with Crippen molar-refractivity contribution in [2.75, 3.05) is 27.9 Å². The van der Waals surface area contributed by atoms with E-state index >= 15 is 0 Å². The van der Waals surface area contributed by atoms with Gasteiger partial charge in [-0.25, -0.2) is 4.68 Å². The molecule has 31 heavy (non-hydrogen) atoms. The van der Waals surface area contributed by atoms with Gasteiger partial charge in [-0.3, -0.25) is 4.99 Å². The van der Waals surface area contributed by atoms with Crippen LogP contribution in [0.25, 0.3) is 11.3 Å². The van der Waals surface area contributed by atoms with Gasteiger partial charge in [0.1, 0.15) is 0 Å². The van der Waals surface area contributed by atoms with Gasteiger partial charge in [0.05, 0.1) is 49.8 Å². The molecule has 1 aromatic heterocycles. The van der Waals surface area contributed by atoms with Crippen molar-refractivity contribution in [3.05, 3.63) is 68.8 Å². The number of thiazole rings is 1. The van der Waals surface area contributed by atoms with Crippen LogP contribution in [-0.2, 0) is 0 Å². The number of hydrogen-bond acceptors (Lipinski definition) is 6. The van der Waals surface area contributed by atoms with Crippen molar-refractivity contribution < 1.29 is 14.2 Å². The third-order valence-electron chi connectivity index (χ3n) is 4.27. The molecule has 0 saturated heterocycles. The van der Waals surface area contributed by atoms with E-state index in [-0.39, 0.29) is 0 Å². The van der Waals surface area contributed by atoms with Gasteiger partial charge in [0.25, 0.3) is 0 Å². The van der Waals surface area contributed by atoms with Crippen LogP contribution in [0.2, 0.25) is 10.0 Å². The Bertz CT molecular complexity index is 1160. The molecule has 1 heterocycles. The van der Waals surface area contributed by atoms with Crippen LogP contribution < -0.4 is 19.0 Å². The highest BCUT2D eigenvalue weighted by Crippen LogP contribution is 2.41. The molecule has 0 spiro atoms. The molecule has 0 aliphatic carbocycles. The minimum atomic E-state index is 0.461. The van der Waals surface area contributed by atoms with Crippen molar-refractivity contribution in [1.82, 2.24) is 4.68 Å². The average Bonchev–Trinajstić information content (AvgIpc) is 3.19. The molecule has 6 nitrogen and oxygen atoms in total. The van der Waals surface area contributed by atoms with Crippen molar-refractivity contribution in [1.29, 1.82) is 0 Å². The van der Waals surface area contributed by atoms with Crippen LogP contribution >= 0.6 is 34.5 Å². The maximum Gasteiger partial charge on any atom is 0.206 e.